The van der Waals surface area contributed by atoms with Gasteiger partial charge in [0.25, 0.3) is 0 Å². The minimum Gasteiger partial charge on any atom is -0.342 e. The lowest BCUT2D eigenvalue weighted by Crippen LogP contribution is -2.49. The average Bonchev–Trinajstić information content (AvgIpc) is 2.36. The van der Waals surface area contributed by atoms with Crippen LogP contribution in [0, 0.1) is 17.3 Å². The molecule has 2 fully saturated rings. The molecule has 1 aliphatic heterocycles. The maximum Gasteiger partial charge on any atom is 0.225 e. The van der Waals surface area contributed by atoms with E-state index in [4.69, 9.17) is 0 Å². The summed E-state index contributed by atoms with van der Waals surface area (Å²) >= 11 is 0. The third-order valence-corrected chi connectivity index (χ3v) is 5.31. The highest BCUT2D eigenvalue weighted by atomic mass is 16.2. The summed E-state index contributed by atoms with van der Waals surface area (Å²) in [5.74, 6) is 1.59. The van der Waals surface area contributed by atoms with E-state index < -0.39 is 0 Å². The van der Waals surface area contributed by atoms with Crippen molar-refractivity contribution in [3.63, 3.8) is 0 Å². The fourth-order valence-electron chi connectivity index (χ4n) is 3.87. The number of rotatable bonds is 4. The Morgan fingerprint density at radius 3 is 2.39 bits per heavy atom. The van der Waals surface area contributed by atoms with Gasteiger partial charge in [0.1, 0.15) is 0 Å². The van der Waals surface area contributed by atoms with Crippen molar-refractivity contribution in [2.24, 2.45) is 17.3 Å². The van der Waals surface area contributed by atoms with E-state index in [0.29, 0.717) is 11.3 Å². The molecule has 1 unspecified atom stereocenters. The van der Waals surface area contributed by atoms with E-state index in [1.807, 2.05) is 0 Å². The molecule has 2 nitrogen and oxygen atoms in total. The van der Waals surface area contributed by atoms with Gasteiger partial charge in [0, 0.05) is 19.0 Å². The molecular formula is C16H29NO. The van der Waals surface area contributed by atoms with Gasteiger partial charge in [0.05, 0.1) is 0 Å². The van der Waals surface area contributed by atoms with E-state index in [-0.39, 0.29) is 5.92 Å². The Hall–Kier alpha value is -0.530. The second-order valence-electron chi connectivity index (χ2n) is 6.70. The molecule has 1 saturated heterocycles. The molecule has 104 valence electrons. The fourth-order valence-corrected chi connectivity index (χ4v) is 3.87. The second kappa shape index (κ2) is 5.63. The first-order valence-electron chi connectivity index (χ1n) is 7.89. The molecule has 1 heterocycles. The summed E-state index contributed by atoms with van der Waals surface area (Å²) < 4.78 is 0. The minimum atomic E-state index is 0.216. The van der Waals surface area contributed by atoms with E-state index in [0.717, 1.165) is 25.4 Å². The summed E-state index contributed by atoms with van der Waals surface area (Å²) in [5.41, 5.74) is 0.631. The van der Waals surface area contributed by atoms with Crippen molar-refractivity contribution in [2.45, 2.75) is 65.7 Å². The molecule has 0 aromatic heterocycles. The van der Waals surface area contributed by atoms with Crippen LogP contribution >= 0.6 is 0 Å². The van der Waals surface area contributed by atoms with Gasteiger partial charge in [-0.15, -0.1) is 0 Å². The Morgan fingerprint density at radius 1 is 1.28 bits per heavy atom. The topological polar surface area (TPSA) is 20.3 Å². The number of piperidine rings is 1. The lowest BCUT2D eigenvalue weighted by molar-refractivity contribution is -0.139. The van der Waals surface area contributed by atoms with Gasteiger partial charge >= 0.3 is 0 Å². The molecule has 1 atom stereocenters. The molecule has 18 heavy (non-hydrogen) atoms. The Balaban J connectivity index is 1.77. The zero-order chi connectivity index (χ0) is 13.2. The summed E-state index contributed by atoms with van der Waals surface area (Å²) in [5, 5.41) is 0. The van der Waals surface area contributed by atoms with Gasteiger partial charge in [-0.25, -0.2) is 0 Å². The number of nitrogens with zero attached hydrogens (tertiary/aromatic N) is 1. The monoisotopic (exact) mass is 251 g/mol. The third kappa shape index (κ3) is 2.73. The predicted molar refractivity (Wildman–Crippen MR) is 75.3 cm³/mol. The lowest BCUT2D eigenvalue weighted by atomic mass is 9.56. The van der Waals surface area contributed by atoms with Crippen LogP contribution in [0.4, 0.5) is 0 Å². The van der Waals surface area contributed by atoms with E-state index >= 15 is 0 Å². The standard InChI is InChI=1S/C16H29NO/c1-4-6-14-11-16(12-14)7-9-17(10-8-16)15(18)13(3)5-2/h13-14H,4-12H2,1-3H3. The predicted octanol–water partition coefficient (Wildman–Crippen LogP) is 3.85. The number of amides is 1. The van der Waals surface area contributed by atoms with Crippen LogP contribution in [0.25, 0.3) is 0 Å². The van der Waals surface area contributed by atoms with Crippen LogP contribution in [0.5, 0.6) is 0 Å². The van der Waals surface area contributed by atoms with Crippen LogP contribution in [0.15, 0.2) is 0 Å². The van der Waals surface area contributed by atoms with Crippen LogP contribution in [-0.4, -0.2) is 23.9 Å². The van der Waals surface area contributed by atoms with Gasteiger partial charge in [-0.05, 0) is 43.4 Å². The van der Waals surface area contributed by atoms with Crippen LogP contribution < -0.4 is 0 Å². The largest absolute Gasteiger partial charge is 0.342 e. The maximum atomic E-state index is 12.1. The van der Waals surface area contributed by atoms with Crippen molar-refractivity contribution in [1.82, 2.24) is 4.90 Å². The van der Waals surface area contributed by atoms with Gasteiger partial charge in [-0.1, -0.05) is 33.6 Å². The number of hydrogen-bond donors (Lipinski definition) is 0. The number of carbonyl (C=O) groups is 1. The fraction of sp³-hybridized carbons (Fsp3) is 0.938. The first kappa shape index (κ1) is 13.9. The van der Waals surface area contributed by atoms with Crippen molar-refractivity contribution in [3.8, 4) is 0 Å². The summed E-state index contributed by atoms with van der Waals surface area (Å²) in [6.07, 6.45) is 9.11. The molecule has 0 bridgehead atoms. The molecule has 1 amide bonds. The Labute approximate surface area is 112 Å². The molecule has 0 N–H and O–H groups in total. The summed E-state index contributed by atoms with van der Waals surface area (Å²) in [6, 6.07) is 0. The molecule has 2 rings (SSSR count). The van der Waals surface area contributed by atoms with Crippen molar-refractivity contribution in [3.05, 3.63) is 0 Å². The Kier molecular flexibility index (Phi) is 4.34. The highest BCUT2D eigenvalue weighted by Gasteiger charge is 2.45. The second-order valence-corrected chi connectivity index (χ2v) is 6.70. The third-order valence-electron chi connectivity index (χ3n) is 5.31. The van der Waals surface area contributed by atoms with Crippen LogP contribution in [0.1, 0.15) is 65.7 Å². The molecule has 0 radical (unpaired) electrons. The number of hydrogen-bond acceptors (Lipinski definition) is 1. The molecule has 1 aliphatic carbocycles. The van der Waals surface area contributed by atoms with Crippen LogP contribution in [0.2, 0.25) is 0 Å². The smallest absolute Gasteiger partial charge is 0.225 e. The van der Waals surface area contributed by atoms with E-state index in [1.165, 1.54) is 38.5 Å². The van der Waals surface area contributed by atoms with Gasteiger partial charge in [0.15, 0.2) is 0 Å². The van der Waals surface area contributed by atoms with Gasteiger partial charge in [-0.3, -0.25) is 4.79 Å². The molecule has 1 saturated carbocycles. The zero-order valence-electron chi connectivity index (χ0n) is 12.4. The molecule has 0 aromatic carbocycles. The lowest BCUT2D eigenvalue weighted by Gasteiger charge is -2.52. The normalized spacial score (nSPS) is 24.9. The zero-order valence-corrected chi connectivity index (χ0v) is 12.4. The summed E-state index contributed by atoms with van der Waals surface area (Å²) in [4.78, 5) is 14.3. The average molecular weight is 251 g/mol. The van der Waals surface area contributed by atoms with Crippen LogP contribution in [-0.2, 0) is 4.79 Å². The highest BCUT2D eigenvalue weighted by molar-refractivity contribution is 5.78. The molecule has 1 spiro atoms. The maximum absolute atomic E-state index is 12.1. The van der Waals surface area contributed by atoms with E-state index in [9.17, 15) is 4.79 Å². The Bertz CT molecular complexity index is 283. The number of likely N-dealkylation sites (tertiary alicyclic amines) is 1. The Morgan fingerprint density at radius 2 is 1.89 bits per heavy atom. The van der Waals surface area contributed by atoms with Crippen molar-refractivity contribution >= 4 is 5.91 Å². The molecule has 2 aliphatic rings. The molecule has 2 heteroatoms. The van der Waals surface area contributed by atoms with Crippen molar-refractivity contribution in [2.75, 3.05) is 13.1 Å². The summed E-state index contributed by atoms with van der Waals surface area (Å²) in [7, 11) is 0. The van der Waals surface area contributed by atoms with Crippen molar-refractivity contribution < 1.29 is 4.79 Å². The SMILES string of the molecule is CCCC1CC2(CCN(C(=O)C(C)CC)CC2)C1. The quantitative estimate of drug-likeness (QED) is 0.743. The van der Waals surface area contributed by atoms with Gasteiger partial charge < -0.3 is 4.90 Å². The van der Waals surface area contributed by atoms with E-state index in [2.05, 4.69) is 25.7 Å². The first-order valence-corrected chi connectivity index (χ1v) is 7.89. The van der Waals surface area contributed by atoms with Crippen molar-refractivity contribution in [1.29, 1.82) is 0 Å². The minimum absolute atomic E-state index is 0.216. The van der Waals surface area contributed by atoms with E-state index in [1.54, 1.807) is 0 Å². The first-order chi connectivity index (χ1) is 8.60. The van der Waals surface area contributed by atoms with Gasteiger partial charge in [0.2, 0.25) is 5.91 Å². The molecular weight excluding hydrogens is 222 g/mol. The molecule has 0 aromatic rings. The summed E-state index contributed by atoms with van der Waals surface area (Å²) in [6.45, 7) is 8.49. The van der Waals surface area contributed by atoms with Crippen LogP contribution in [0.3, 0.4) is 0 Å². The highest BCUT2D eigenvalue weighted by Crippen LogP contribution is 2.53. The van der Waals surface area contributed by atoms with Gasteiger partial charge in [-0.2, -0.15) is 0 Å². The number of carbonyl (C=O) groups excluding carboxylic acids is 1.